The van der Waals surface area contributed by atoms with Crippen LogP contribution in [0.2, 0.25) is 5.02 Å². The van der Waals surface area contributed by atoms with E-state index >= 15 is 0 Å². The van der Waals surface area contributed by atoms with Gasteiger partial charge in [-0.05, 0) is 29.8 Å². The predicted octanol–water partition coefficient (Wildman–Crippen LogP) is 3.23. The molecule has 0 saturated carbocycles. The zero-order chi connectivity index (χ0) is 13.5. The summed E-state index contributed by atoms with van der Waals surface area (Å²) in [6.45, 7) is 0.822. The normalized spacial score (nSPS) is 9.58. The average Bonchev–Trinajstić information content (AvgIpc) is 2.45. The van der Waals surface area contributed by atoms with Crippen molar-refractivity contribution in [1.29, 1.82) is 0 Å². The molecule has 2 aromatic carbocycles. The van der Waals surface area contributed by atoms with Crippen LogP contribution in [0.5, 0.6) is 5.75 Å². The lowest BCUT2D eigenvalue weighted by Crippen LogP contribution is -1.96. The van der Waals surface area contributed by atoms with E-state index in [0.29, 0.717) is 23.9 Å². The smallest absolute Gasteiger partial charge is 0.138 e. The van der Waals surface area contributed by atoms with Crippen molar-refractivity contribution in [2.45, 2.75) is 6.61 Å². The third-order valence-corrected chi connectivity index (χ3v) is 2.81. The van der Waals surface area contributed by atoms with E-state index in [1.807, 2.05) is 42.5 Å². The standard InChI is InChI=1S/C16H14ClNO/c17-15-8-1-2-9-16(15)19-12-14-6-3-5-13(11-14)7-4-10-18/h1-3,5-6,8-9,11H,10,12,18H2. The zero-order valence-corrected chi connectivity index (χ0v) is 11.2. The van der Waals surface area contributed by atoms with E-state index < -0.39 is 0 Å². The molecule has 2 rings (SSSR count). The molecule has 2 N–H and O–H groups in total. The molecule has 0 radical (unpaired) electrons. The highest BCUT2D eigenvalue weighted by atomic mass is 35.5. The summed E-state index contributed by atoms with van der Waals surface area (Å²) in [4.78, 5) is 0. The van der Waals surface area contributed by atoms with Gasteiger partial charge in [0.1, 0.15) is 12.4 Å². The summed E-state index contributed by atoms with van der Waals surface area (Å²) in [5.74, 6) is 6.51. The summed E-state index contributed by atoms with van der Waals surface area (Å²) in [6.07, 6.45) is 0. The van der Waals surface area contributed by atoms with Crippen molar-refractivity contribution in [3.8, 4) is 17.6 Å². The number of ether oxygens (including phenoxy) is 1. The molecule has 0 atom stereocenters. The third-order valence-electron chi connectivity index (χ3n) is 2.49. The minimum Gasteiger partial charge on any atom is -0.487 e. The first-order valence-electron chi connectivity index (χ1n) is 5.95. The lowest BCUT2D eigenvalue weighted by molar-refractivity contribution is 0.306. The molecule has 2 aromatic rings. The molecule has 0 saturated heterocycles. The minimum absolute atomic E-state index is 0.361. The van der Waals surface area contributed by atoms with E-state index in [1.165, 1.54) is 0 Å². The summed E-state index contributed by atoms with van der Waals surface area (Å²) < 4.78 is 5.68. The summed E-state index contributed by atoms with van der Waals surface area (Å²) in [5, 5.41) is 0.613. The molecule has 0 bridgehead atoms. The predicted molar refractivity (Wildman–Crippen MR) is 78.2 cm³/mol. The van der Waals surface area contributed by atoms with Gasteiger partial charge in [-0.15, -0.1) is 0 Å². The largest absolute Gasteiger partial charge is 0.487 e. The highest BCUT2D eigenvalue weighted by molar-refractivity contribution is 6.32. The van der Waals surface area contributed by atoms with Crippen LogP contribution in [0, 0.1) is 11.8 Å². The Morgan fingerprint density at radius 3 is 2.74 bits per heavy atom. The molecule has 0 heterocycles. The van der Waals surface area contributed by atoms with Gasteiger partial charge in [0, 0.05) is 5.56 Å². The van der Waals surface area contributed by atoms with Crippen molar-refractivity contribution in [2.24, 2.45) is 5.73 Å². The van der Waals surface area contributed by atoms with Crippen molar-refractivity contribution >= 4 is 11.6 Å². The van der Waals surface area contributed by atoms with Crippen LogP contribution in [-0.2, 0) is 6.61 Å². The first-order chi connectivity index (χ1) is 9.29. The molecule has 19 heavy (non-hydrogen) atoms. The minimum atomic E-state index is 0.361. The number of halogens is 1. The van der Waals surface area contributed by atoms with E-state index in [-0.39, 0.29) is 0 Å². The van der Waals surface area contributed by atoms with E-state index in [4.69, 9.17) is 22.1 Å². The Kier molecular flexibility index (Phi) is 4.85. The topological polar surface area (TPSA) is 35.2 Å². The Morgan fingerprint density at radius 1 is 1.11 bits per heavy atom. The Hall–Kier alpha value is -1.95. The first kappa shape index (κ1) is 13.5. The van der Waals surface area contributed by atoms with E-state index in [0.717, 1.165) is 11.1 Å². The average molecular weight is 272 g/mol. The van der Waals surface area contributed by atoms with Crippen LogP contribution in [0.25, 0.3) is 0 Å². The van der Waals surface area contributed by atoms with Crippen LogP contribution in [0.3, 0.4) is 0 Å². The third kappa shape index (κ3) is 4.03. The summed E-state index contributed by atoms with van der Waals surface area (Å²) in [5.41, 5.74) is 7.33. The molecule has 0 fully saturated rings. The molecule has 0 spiro atoms. The molecule has 2 nitrogen and oxygen atoms in total. The Bertz CT molecular complexity index is 613. The van der Waals surface area contributed by atoms with E-state index in [9.17, 15) is 0 Å². The highest BCUT2D eigenvalue weighted by Crippen LogP contribution is 2.24. The fourth-order valence-corrected chi connectivity index (χ4v) is 1.81. The van der Waals surface area contributed by atoms with Gasteiger partial charge in [0.05, 0.1) is 11.6 Å². The van der Waals surface area contributed by atoms with Crippen LogP contribution < -0.4 is 10.5 Å². The second-order valence-corrected chi connectivity index (χ2v) is 4.33. The molecule has 0 unspecified atom stereocenters. The van der Waals surface area contributed by atoms with Crippen LogP contribution in [0.1, 0.15) is 11.1 Å². The van der Waals surface area contributed by atoms with E-state index in [1.54, 1.807) is 6.07 Å². The second kappa shape index (κ2) is 6.84. The Balaban J connectivity index is 2.06. The van der Waals surface area contributed by atoms with Crippen molar-refractivity contribution in [2.75, 3.05) is 6.54 Å². The molecule has 0 aromatic heterocycles. The monoisotopic (exact) mass is 271 g/mol. The van der Waals surface area contributed by atoms with Crippen molar-refractivity contribution in [3.05, 3.63) is 64.7 Å². The number of rotatable bonds is 3. The number of para-hydroxylation sites is 1. The van der Waals surface area contributed by atoms with Gasteiger partial charge in [0.15, 0.2) is 0 Å². The van der Waals surface area contributed by atoms with Gasteiger partial charge in [0.25, 0.3) is 0 Å². The summed E-state index contributed by atoms with van der Waals surface area (Å²) in [7, 11) is 0. The van der Waals surface area contributed by atoms with Crippen LogP contribution in [-0.4, -0.2) is 6.54 Å². The van der Waals surface area contributed by atoms with Gasteiger partial charge in [-0.2, -0.15) is 0 Å². The van der Waals surface area contributed by atoms with Gasteiger partial charge in [-0.3, -0.25) is 0 Å². The van der Waals surface area contributed by atoms with Crippen molar-refractivity contribution < 1.29 is 4.74 Å². The van der Waals surface area contributed by atoms with Crippen molar-refractivity contribution in [1.82, 2.24) is 0 Å². The van der Waals surface area contributed by atoms with Crippen LogP contribution >= 0.6 is 11.6 Å². The van der Waals surface area contributed by atoms with Gasteiger partial charge >= 0.3 is 0 Å². The number of nitrogens with two attached hydrogens (primary N) is 1. The van der Waals surface area contributed by atoms with Gasteiger partial charge < -0.3 is 10.5 Å². The summed E-state index contributed by atoms with van der Waals surface area (Å²) in [6, 6.07) is 15.3. The molecule has 96 valence electrons. The number of benzene rings is 2. The van der Waals surface area contributed by atoms with Gasteiger partial charge in [0.2, 0.25) is 0 Å². The Morgan fingerprint density at radius 2 is 1.95 bits per heavy atom. The second-order valence-electron chi connectivity index (χ2n) is 3.93. The molecule has 3 heteroatoms. The molecule has 0 amide bonds. The maximum absolute atomic E-state index is 6.03. The molecule has 0 aliphatic heterocycles. The molecular formula is C16H14ClNO. The fourth-order valence-electron chi connectivity index (χ4n) is 1.61. The lowest BCUT2D eigenvalue weighted by atomic mass is 10.1. The van der Waals surface area contributed by atoms with Gasteiger partial charge in [-0.25, -0.2) is 0 Å². The SMILES string of the molecule is NCC#Cc1cccc(COc2ccccc2Cl)c1. The highest BCUT2D eigenvalue weighted by Gasteiger charge is 2.00. The first-order valence-corrected chi connectivity index (χ1v) is 6.32. The van der Waals surface area contributed by atoms with Crippen molar-refractivity contribution in [3.63, 3.8) is 0 Å². The quantitative estimate of drug-likeness (QED) is 0.870. The molecule has 0 aliphatic rings. The summed E-state index contributed by atoms with van der Waals surface area (Å²) >= 11 is 6.03. The lowest BCUT2D eigenvalue weighted by Gasteiger charge is -2.07. The van der Waals surface area contributed by atoms with Crippen LogP contribution in [0.15, 0.2) is 48.5 Å². The maximum Gasteiger partial charge on any atom is 0.138 e. The zero-order valence-electron chi connectivity index (χ0n) is 10.4. The number of hydrogen-bond acceptors (Lipinski definition) is 2. The maximum atomic E-state index is 6.03. The Labute approximate surface area is 118 Å². The van der Waals surface area contributed by atoms with Crippen LogP contribution in [0.4, 0.5) is 0 Å². The fraction of sp³-hybridized carbons (Fsp3) is 0.125. The number of hydrogen-bond donors (Lipinski definition) is 1. The van der Waals surface area contributed by atoms with E-state index in [2.05, 4.69) is 11.8 Å². The van der Waals surface area contributed by atoms with Gasteiger partial charge in [-0.1, -0.05) is 47.7 Å². The molecule has 0 aliphatic carbocycles. The molecular weight excluding hydrogens is 258 g/mol.